The first-order chi connectivity index (χ1) is 17.2. The number of hydrogen-bond donors (Lipinski definition) is 1. The van der Waals surface area contributed by atoms with E-state index in [0.29, 0.717) is 36.8 Å². The van der Waals surface area contributed by atoms with Crippen molar-refractivity contribution in [3.05, 3.63) is 64.5 Å². The van der Waals surface area contributed by atoms with Crippen LogP contribution in [0.3, 0.4) is 0 Å². The highest BCUT2D eigenvalue weighted by atomic mass is 35.5. The van der Waals surface area contributed by atoms with Crippen LogP contribution in [0.2, 0.25) is 5.15 Å². The van der Waals surface area contributed by atoms with Crippen LogP contribution in [-0.2, 0) is 4.79 Å². The van der Waals surface area contributed by atoms with Crippen molar-refractivity contribution in [2.45, 2.75) is 39.2 Å². The number of rotatable bonds is 6. The standard InChI is InChI=1S/C27H33ClN6O2/c1-18-9-7-11-22-25(18)34(27(30-22)31-26(36)20-15-19(2)29-23(28)16-20)21-10-5-6-14-33(17-21)24(35)12-8-13-32(3)4/h7-9,11-12,15-16,21H,5-6,10,13-14,17H2,1-4H3,(H,30,31,36)/t21-/m1/s1. The minimum Gasteiger partial charge on any atom is -0.337 e. The van der Waals surface area contributed by atoms with Gasteiger partial charge in [-0.3, -0.25) is 14.9 Å². The summed E-state index contributed by atoms with van der Waals surface area (Å²) in [7, 11) is 3.95. The number of anilines is 1. The van der Waals surface area contributed by atoms with E-state index in [1.54, 1.807) is 25.1 Å². The molecular weight excluding hydrogens is 476 g/mol. The second kappa shape index (κ2) is 11.2. The van der Waals surface area contributed by atoms with E-state index >= 15 is 0 Å². The second-order valence-corrected chi connectivity index (χ2v) is 10.0. The number of aromatic nitrogens is 3. The topological polar surface area (TPSA) is 83.4 Å². The smallest absolute Gasteiger partial charge is 0.258 e. The van der Waals surface area contributed by atoms with Gasteiger partial charge in [0.1, 0.15) is 5.15 Å². The molecule has 3 heterocycles. The third-order valence-corrected chi connectivity index (χ3v) is 6.57. The first-order valence-electron chi connectivity index (χ1n) is 12.3. The molecule has 9 heteroatoms. The Hall–Kier alpha value is -3.23. The Morgan fingerprint density at radius 1 is 1.19 bits per heavy atom. The molecule has 3 aromatic rings. The van der Waals surface area contributed by atoms with Gasteiger partial charge in [0.2, 0.25) is 11.9 Å². The van der Waals surface area contributed by atoms with E-state index in [-0.39, 0.29) is 23.0 Å². The molecule has 8 nitrogen and oxygen atoms in total. The van der Waals surface area contributed by atoms with Crippen molar-refractivity contribution in [3.8, 4) is 0 Å². The number of para-hydroxylation sites is 1. The number of pyridine rings is 1. The van der Waals surface area contributed by atoms with Gasteiger partial charge in [-0.1, -0.05) is 29.8 Å². The lowest BCUT2D eigenvalue weighted by Gasteiger charge is -2.26. The number of aryl methyl sites for hydroxylation is 2. The van der Waals surface area contributed by atoms with Crippen molar-refractivity contribution >= 4 is 40.4 Å². The SMILES string of the molecule is Cc1cc(C(=O)Nc2nc3cccc(C)c3n2[C@@H]2CCCCN(C(=O)C=CCN(C)C)C2)cc(Cl)n1. The van der Waals surface area contributed by atoms with Crippen LogP contribution in [0.25, 0.3) is 11.0 Å². The number of likely N-dealkylation sites (tertiary alicyclic amines) is 1. The molecule has 0 spiro atoms. The van der Waals surface area contributed by atoms with Crippen LogP contribution in [-0.4, -0.2) is 69.9 Å². The molecule has 1 saturated heterocycles. The molecule has 1 aliphatic rings. The van der Waals surface area contributed by atoms with Crippen LogP contribution in [0.15, 0.2) is 42.5 Å². The molecule has 0 bridgehead atoms. The Kier molecular flexibility index (Phi) is 8.06. The quantitative estimate of drug-likeness (QED) is 0.388. The van der Waals surface area contributed by atoms with Gasteiger partial charge in [0, 0.05) is 37.0 Å². The van der Waals surface area contributed by atoms with Crippen LogP contribution in [0, 0.1) is 13.8 Å². The summed E-state index contributed by atoms with van der Waals surface area (Å²) in [6.07, 6.45) is 6.36. The minimum absolute atomic E-state index is 0.0115. The maximum Gasteiger partial charge on any atom is 0.258 e. The summed E-state index contributed by atoms with van der Waals surface area (Å²) in [5.74, 6) is 0.180. The molecule has 1 aliphatic heterocycles. The zero-order valence-corrected chi connectivity index (χ0v) is 22.0. The predicted octanol–water partition coefficient (Wildman–Crippen LogP) is 4.63. The molecule has 0 saturated carbocycles. The van der Waals surface area contributed by atoms with Crippen LogP contribution < -0.4 is 5.32 Å². The first kappa shape index (κ1) is 25.9. The van der Waals surface area contributed by atoms with Crippen molar-refractivity contribution in [1.29, 1.82) is 0 Å². The van der Waals surface area contributed by atoms with Crippen molar-refractivity contribution in [2.75, 3.05) is 39.0 Å². The normalized spacial score (nSPS) is 16.6. The lowest BCUT2D eigenvalue weighted by molar-refractivity contribution is -0.126. The van der Waals surface area contributed by atoms with Gasteiger partial charge in [-0.25, -0.2) is 9.97 Å². The van der Waals surface area contributed by atoms with Crippen molar-refractivity contribution < 1.29 is 9.59 Å². The molecule has 0 radical (unpaired) electrons. The largest absolute Gasteiger partial charge is 0.337 e. The fourth-order valence-corrected chi connectivity index (χ4v) is 4.95. The second-order valence-electron chi connectivity index (χ2n) is 9.62. The number of benzene rings is 1. The molecule has 1 fully saturated rings. The maximum absolute atomic E-state index is 13.2. The number of nitrogens with one attached hydrogen (secondary N) is 1. The Labute approximate surface area is 217 Å². The average Bonchev–Trinajstić information content (AvgIpc) is 3.00. The number of carbonyl (C=O) groups excluding carboxylic acids is 2. The summed E-state index contributed by atoms with van der Waals surface area (Å²) in [5, 5.41) is 3.28. The molecule has 4 rings (SSSR count). The highest BCUT2D eigenvalue weighted by Crippen LogP contribution is 2.32. The highest BCUT2D eigenvalue weighted by molar-refractivity contribution is 6.29. The van der Waals surface area contributed by atoms with Crippen molar-refractivity contribution in [1.82, 2.24) is 24.3 Å². The maximum atomic E-state index is 13.2. The zero-order chi connectivity index (χ0) is 25.8. The summed E-state index contributed by atoms with van der Waals surface area (Å²) in [5.41, 5.74) is 3.93. The highest BCUT2D eigenvalue weighted by Gasteiger charge is 2.27. The first-order valence-corrected chi connectivity index (χ1v) is 12.6. The summed E-state index contributed by atoms with van der Waals surface area (Å²) >= 11 is 6.09. The molecular formula is C27H33ClN6O2. The van der Waals surface area contributed by atoms with E-state index in [1.807, 2.05) is 55.1 Å². The number of carbonyl (C=O) groups is 2. The van der Waals surface area contributed by atoms with Gasteiger partial charge in [0.15, 0.2) is 0 Å². The number of fused-ring (bicyclic) bond motifs is 1. The van der Waals surface area contributed by atoms with E-state index in [9.17, 15) is 9.59 Å². The van der Waals surface area contributed by atoms with E-state index in [1.165, 1.54) is 0 Å². The molecule has 1 aromatic carbocycles. The van der Waals surface area contributed by atoms with E-state index < -0.39 is 0 Å². The molecule has 36 heavy (non-hydrogen) atoms. The number of imidazole rings is 1. The van der Waals surface area contributed by atoms with Gasteiger partial charge < -0.3 is 14.4 Å². The van der Waals surface area contributed by atoms with Gasteiger partial charge in [-0.05, 0) is 71.0 Å². The third kappa shape index (κ3) is 5.94. The third-order valence-electron chi connectivity index (χ3n) is 6.38. The summed E-state index contributed by atoms with van der Waals surface area (Å²) in [6.45, 7) is 5.81. The minimum atomic E-state index is -0.301. The number of halogens is 1. The van der Waals surface area contributed by atoms with Gasteiger partial charge in [0.05, 0.1) is 17.1 Å². The van der Waals surface area contributed by atoms with Gasteiger partial charge in [0.25, 0.3) is 5.91 Å². The van der Waals surface area contributed by atoms with Crippen LogP contribution in [0.5, 0.6) is 0 Å². The fraction of sp³-hybridized carbons (Fsp3) is 0.407. The van der Waals surface area contributed by atoms with E-state index in [2.05, 4.69) is 14.9 Å². The van der Waals surface area contributed by atoms with E-state index in [0.717, 1.165) is 35.9 Å². The molecule has 0 aliphatic carbocycles. The number of likely N-dealkylation sites (N-methyl/N-ethyl adjacent to an activating group) is 1. The molecule has 0 unspecified atom stereocenters. The summed E-state index contributed by atoms with van der Waals surface area (Å²) < 4.78 is 2.10. The molecule has 2 amide bonds. The van der Waals surface area contributed by atoms with Gasteiger partial charge in [-0.15, -0.1) is 0 Å². The van der Waals surface area contributed by atoms with Crippen LogP contribution in [0.4, 0.5) is 5.95 Å². The predicted molar refractivity (Wildman–Crippen MR) is 144 cm³/mol. The van der Waals surface area contributed by atoms with Crippen molar-refractivity contribution in [2.24, 2.45) is 0 Å². The molecule has 190 valence electrons. The Balaban J connectivity index is 1.68. The fourth-order valence-electron chi connectivity index (χ4n) is 4.70. The Morgan fingerprint density at radius 2 is 2.00 bits per heavy atom. The van der Waals surface area contributed by atoms with Crippen LogP contribution >= 0.6 is 11.6 Å². The lowest BCUT2D eigenvalue weighted by atomic mass is 10.1. The average molecular weight is 509 g/mol. The number of nitrogens with zero attached hydrogens (tertiary/aromatic N) is 5. The number of amides is 2. The van der Waals surface area contributed by atoms with Crippen molar-refractivity contribution in [3.63, 3.8) is 0 Å². The zero-order valence-electron chi connectivity index (χ0n) is 21.3. The number of hydrogen-bond acceptors (Lipinski definition) is 5. The van der Waals surface area contributed by atoms with E-state index in [4.69, 9.17) is 16.6 Å². The van der Waals surface area contributed by atoms with Gasteiger partial charge >= 0.3 is 0 Å². The summed E-state index contributed by atoms with van der Waals surface area (Å²) in [6, 6.07) is 9.18. The Bertz CT molecular complexity index is 1280. The lowest BCUT2D eigenvalue weighted by Crippen LogP contribution is -2.35. The molecule has 1 N–H and O–H groups in total. The molecule has 1 atom stereocenters. The molecule has 2 aromatic heterocycles. The van der Waals surface area contributed by atoms with Gasteiger partial charge in [-0.2, -0.15) is 0 Å². The Morgan fingerprint density at radius 3 is 2.75 bits per heavy atom. The summed E-state index contributed by atoms with van der Waals surface area (Å²) in [4.78, 5) is 39.1. The monoisotopic (exact) mass is 508 g/mol. The van der Waals surface area contributed by atoms with Crippen LogP contribution in [0.1, 0.15) is 46.9 Å².